The second-order valence-electron chi connectivity index (χ2n) is 5.84. The van der Waals surface area contributed by atoms with Gasteiger partial charge in [-0.2, -0.15) is 0 Å². The van der Waals surface area contributed by atoms with Crippen molar-refractivity contribution in [3.05, 3.63) is 64.7 Å². The molecular weight excluding hydrogens is 354 g/mol. The van der Waals surface area contributed by atoms with Crippen molar-refractivity contribution < 1.29 is 14.7 Å². The van der Waals surface area contributed by atoms with E-state index in [1.807, 2.05) is 47.8 Å². The van der Waals surface area contributed by atoms with E-state index >= 15 is 0 Å². The molecule has 4 nitrogen and oxygen atoms in total. The predicted octanol–water partition coefficient (Wildman–Crippen LogP) is 4.81. The molecule has 3 rings (SSSR count). The smallest absolute Gasteiger partial charge is 0.335 e. The van der Waals surface area contributed by atoms with Gasteiger partial charge in [-0.15, -0.1) is 23.5 Å². The van der Waals surface area contributed by atoms with Crippen molar-refractivity contribution in [2.75, 3.05) is 16.8 Å². The molecule has 0 atom stereocenters. The fourth-order valence-corrected chi connectivity index (χ4v) is 5.55. The second-order valence-corrected chi connectivity index (χ2v) is 8.56. The number of carbonyl (C=O) groups is 2. The third-order valence-electron chi connectivity index (χ3n) is 3.99. The monoisotopic (exact) mass is 373 g/mol. The van der Waals surface area contributed by atoms with Crippen LogP contribution >= 0.6 is 23.5 Å². The summed E-state index contributed by atoms with van der Waals surface area (Å²) < 4.78 is 0.456. The fourth-order valence-electron chi connectivity index (χ4n) is 2.66. The molecule has 1 aliphatic heterocycles. The first-order valence-corrected chi connectivity index (χ1v) is 10.1. The first kappa shape index (κ1) is 17.9. The van der Waals surface area contributed by atoms with Crippen LogP contribution in [0.3, 0.4) is 0 Å². The van der Waals surface area contributed by atoms with Crippen LogP contribution in [0.1, 0.15) is 42.8 Å². The van der Waals surface area contributed by atoms with Gasteiger partial charge in [-0.05, 0) is 66.3 Å². The van der Waals surface area contributed by atoms with Crippen molar-refractivity contribution in [1.29, 1.82) is 0 Å². The number of rotatable bonds is 4. The third kappa shape index (κ3) is 4.38. The molecule has 1 amide bonds. The highest BCUT2D eigenvalue weighted by molar-refractivity contribution is 8.16. The number of thioether (sulfide) groups is 2. The summed E-state index contributed by atoms with van der Waals surface area (Å²) in [6, 6.07) is 12.5. The van der Waals surface area contributed by atoms with Crippen LogP contribution in [-0.2, 0) is 0 Å². The molecule has 1 saturated heterocycles. The number of benzene rings is 2. The minimum Gasteiger partial charge on any atom is -0.478 e. The Morgan fingerprint density at radius 1 is 1.08 bits per heavy atom. The summed E-state index contributed by atoms with van der Waals surface area (Å²) >= 11 is 3.91. The lowest BCUT2D eigenvalue weighted by molar-refractivity contribution is 0.0696. The van der Waals surface area contributed by atoms with E-state index in [1.165, 1.54) is 29.6 Å². The Morgan fingerprint density at radius 3 is 2.36 bits per heavy atom. The van der Waals surface area contributed by atoms with Gasteiger partial charge in [0.05, 0.1) is 10.1 Å². The highest BCUT2D eigenvalue weighted by Gasteiger charge is 2.17. The Labute approximate surface area is 155 Å². The van der Waals surface area contributed by atoms with Gasteiger partial charge in [0.15, 0.2) is 0 Å². The quantitative estimate of drug-likeness (QED) is 0.805. The van der Waals surface area contributed by atoms with Gasteiger partial charge in [0.25, 0.3) is 5.91 Å². The van der Waals surface area contributed by atoms with Crippen LogP contribution in [0.4, 0.5) is 5.69 Å². The first-order valence-electron chi connectivity index (χ1n) is 8.03. The number of amides is 1. The van der Waals surface area contributed by atoms with Gasteiger partial charge in [0.2, 0.25) is 0 Å². The summed E-state index contributed by atoms with van der Waals surface area (Å²) in [7, 11) is 0. The molecular formula is C19H19NO3S2. The topological polar surface area (TPSA) is 66.4 Å². The van der Waals surface area contributed by atoms with Crippen molar-refractivity contribution in [3.8, 4) is 0 Å². The van der Waals surface area contributed by atoms with Crippen molar-refractivity contribution in [2.45, 2.75) is 17.9 Å². The molecule has 2 aromatic carbocycles. The number of aryl methyl sites for hydroxylation is 1. The lowest BCUT2D eigenvalue weighted by atomic mass is 10.1. The van der Waals surface area contributed by atoms with Crippen molar-refractivity contribution in [1.82, 2.24) is 0 Å². The fraction of sp³-hybridized carbons (Fsp3) is 0.263. The molecule has 0 spiro atoms. The van der Waals surface area contributed by atoms with E-state index in [0.717, 1.165) is 0 Å². The molecule has 0 saturated carbocycles. The van der Waals surface area contributed by atoms with Crippen molar-refractivity contribution in [3.63, 3.8) is 0 Å². The summed E-state index contributed by atoms with van der Waals surface area (Å²) in [5.74, 6) is 1.21. The van der Waals surface area contributed by atoms with Gasteiger partial charge in [-0.1, -0.05) is 12.1 Å². The lowest BCUT2D eigenvalue weighted by Crippen LogP contribution is -2.12. The summed E-state index contributed by atoms with van der Waals surface area (Å²) in [5, 5.41) is 11.9. The van der Waals surface area contributed by atoms with E-state index < -0.39 is 5.97 Å². The van der Waals surface area contributed by atoms with Crippen LogP contribution < -0.4 is 5.32 Å². The summed E-state index contributed by atoms with van der Waals surface area (Å²) in [6.07, 6.45) is 1.26. The molecule has 0 unspecified atom stereocenters. The minimum absolute atomic E-state index is 0.196. The number of hydrogen-bond acceptors (Lipinski definition) is 4. The van der Waals surface area contributed by atoms with Gasteiger partial charge < -0.3 is 10.4 Å². The zero-order valence-electron chi connectivity index (χ0n) is 13.8. The first-order chi connectivity index (χ1) is 12.0. The molecule has 130 valence electrons. The number of anilines is 1. The molecule has 25 heavy (non-hydrogen) atoms. The van der Waals surface area contributed by atoms with Crippen molar-refractivity contribution in [2.24, 2.45) is 0 Å². The molecule has 0 radical (unpaired) electrons. The number of hydrogen-bond donors (Lipinski definition) is 2. The largest absolute Gasteiger partial charge is 0.478 e. The predicted molar refractivity (Wildman–Crippen MR) is 105 cm³/mol. The maximum atomic E-state index is 12.4. The summed E-state index contributed by atoms with van der Waals surface area (Å²) in [4.78, 5) is 23.4. The van der Waals surface area contributed by atoms with Gasteiger partial charge in [-0.25, -0.2) is 4.79 Å². The molecule has 1 heterocycles. The Bertz CT molecular complexity index is 784. The maximum Gasteiger partial charge on any atom is 0.335 e. The molecule has 0 aliphatic carbocycles. The van der Waals surface area contributed by atoms with Gasteiger partial charge in [0, 0.05) is 11.3 Å². The van der Waals surface area contributed by atoms with Crippen molar-refractivity contribution >= 4 is 41.1 Å². The molecule has 2 aromatic rings. The molecule has 1 fully saturated rings. The SMILES string of the molecule is Cc1cc(NC(=O)c2ccc(C3SCCCS3)cc2)ccc1C(=O)O. The molecule has 2 N–H and O–H groups in total. The number of nitrogens with one attached hydrogen (secondary N) is 1. The van der Waals surface area contributed by atoms with Crippen LogP contribution in [0.2, 0.25) is 0 Å². The van der Waals surface area contributed by atoms with Gasteiger partial charge >= 0.3 is 5.97 Å². The zero-order chi connectivity index (χ0) is 17.8. The van der Waals surface area contributed by atoms with E-state index in [9.17, 15) is 9.59 Å². The number of carbonyl (C=O) groups excluding carboxylic acids is 1. The number of carboxylic acids is 1. The molecule has 0 bridgehead atoms. The average Bonchev–Trinajstić information content (AvgIpc) is 2.62. The van der Waals surface area contributed by atoms with E-state index in [-0.39, 0.29) is 11.5 Å². The van der Waals surface area contributed by atoms with Gasteiger partial charge in [0.1, 0.15) is 0 Å². The van der Waals surface area contributed by atoms with Crippen LogP contribution in [-0.4, -0.2) is 28.5 Å². The molecule has 0 aromatic heterocycles. The van der Waals surface area contributed by atoms with E-state index in [4.69, 9.17) is 5.11 Å². The Balaban J connectivity index is 1.68. The Kier molecular flexibility index (Phi) is 5.71. The molecule has 1 aliphatic rings. The second kappa shape index (κ2) is 7.97. The van der Waals surface area contributed by atoms with E-state index in [2.05, 4.69) is 5.32 Å². The maximum absolute atomic E-state index is 12.4. The Hall–Kier alpha value is -1.92. The zero-order valence-corrected chi connectivity index (χ0v) is 15.5. The number of carboxylic acid groups (broad SMARTS) is 1. The van der Waals surface area contributed by atoms with Crippen LogP contribution in [0.15, 0.2) is 42.5 Å². The number of aromatic carboxylic acids is 1. The Morgan fingerprint density at radius 2 is 1.76 bits per heavy atom. The lowest BCUT2D eigenvalue weighted by Gasteiger charge is -2.21. The standard InChI is InChI=1S/C19H19NO3S2/c1-12-11-15(7-8-16(12)18(22)23)20-17(21)13-3-5-14(6-4-13)19-24-9-2-10-25-19/h3-8,11,19H,2,9-10H2,1H3,(H,20,21)(H,22,23). The van der Waals surface area contributed by atoms with Gasteiger partial charge in [-0.3, -0.25) is 4.79 Å². The average molecular weight is 373 g/mol. The normalized spacial score (nSPS) is 14.9. The van der Waals surface area contributed by atoms with E-state index in [0.29, 0.717) is 21.4 Å². The third-order valence-corrected chi connectivity index (χ3v) is 7.00. The van der Waals surface area contributed by atoms with Crippen LogP contribution in [0.25, 0.3) is 0 Å². The van der Waals surface area contributed by atoms with E-state index in [1.54, 1.807) is 19.1 Å². The summed E-state index contributed by atoms with van der Waals surface area (Å²) in [6.45, 7) is 1.72. The summed E-state index contributed by atoms with van der Waals surface area (Å²) in [5.41, 5.74) is 3.29. The van der Waals surface area contributed by atoms with Crippen LogP contribution in [0, 0.1) is 6.92 Å². The highest BCUT2D eigenvalue weighted by atomic mass is 32.2. The highest BCUT2D eigenvalue weighted by Crippen LogP contribution is 2.43. The minimum atomic E-state index is -0.968. The van der Waals surface area contributed by atoms with Crippen LogP contribution in [0.5, 0.6) is 0 Å². The molecule has 6 heteroatoms.